The van der Waals surface area contributed by atoms with Crippen molar-refractivity contribution in [3.8, 4) is 0 Å². The van der Waals surface area contributed by atoms with Crippen LogP contribution < -0.4 is 0 Å². The van der Waals surface area contributed by atoms with Gasteiger partial charge in [-0.2, -0.15) is 0 Å². The number of ether oxygens (including phenoxy) is 1. The number of cyclic esters (lactones) is 1. The molecule has 0 unspecified atom stereocenters. The van der Waals surface area contributed by atoms with E-state index in [0.717, 1.165) is 15.6 Å². The Kier molecular flexibility index (Phi) is 4.64. The lowest BCUT2D eigenvalue weighted by Gasteiger charge is -1.95. The number of fused-ring (bicyclic) bond motifs is 1. The van der Waals surface area contributed by atoms with Crippen LogP contribution in [0.4, 0.5) is 0 Å². The molecule has 4 rings (SSSR count). The van der Waals surface area contributed by atoms with Crippen molar-refractivity contribution in [3.05, 3.63) is 86.9 Å². The van der Waals surface area contributed by atoms with E-state index >= 15 is 0 Å². The second kappa shape index (κ2) is 7.08. The van der Waals surface area contributed by atoms with Gasteiger partial charge in [0.15, 0.2) is 5.70 Å². The second-order valence-electron chi connectivity index (χ2n) is 5.51. The first-order chi connectivity index (χ1) is 12.6. The molecule has 1 aliphatic heterocycles. The maximum absolute atomic E-state index is 12.1. The molecule has 0 aliphatic carbocycles. The predicted molar refractivity (Wildman–Crippen MR) is 108 cm³/mol. The molecule has 128 valence electrons. The lowest BCUT2D eigenvalue weighted by Crippen LogP contribution is -2.03. The maximum atomic E-state index is 12.1. The van der Waals surface area contributed by atoms with Gasteiger partial charge in [-0.05, 0) is 23.8 Å². The molecule has 2 aromatic carbocycles. The molecule has 3 nitrogen and oxygen atoms in total. The first kappa shape index (κ1) is 17.0. The summed E-state index contributed by atoms with van der Waals surface area (Å²) in [5.41, 5.74) is 1.27. The van der Waals surface area contributed by atoms with Crippen LogP contribution in [0.3, 0.4) is 0 Å². The topological polar surface area (TPSA) is 38.7 Å². The average molecular weight is 400 g/mol. The standard InChI is InChI=1S/C20H11Cl2NO2S/c21-13-9-10-14-16(11-13)26-18(17(14)22)19-23-15(20(24)25-19)8-4-7-12-5-2-1-3-6-12/h1-11H/b7-4+,15-8+. The number of nitrogens with zero attached hydrogens (tertiary/aromatic N) is 1. The predicted octanol–water partition coefficient (Wildman–Crippen LogP) is 6.11. The van der Waals surface area contributed by atoms with Gasteiger partial charge in [0.2, 0.25) is 5.90 Å². The largest absolute Gasteiger partial charge is 0.401 e. The van der Waals surface area contributed by atoms with Gasteiger partial charge in [0.05, 0.1) is 5.02 Å². The Labute approximate surface area is 163 Å². The highest BCUT2D eigenvalue weighted by molar-refractivity contribution is 7.21. The molecule has 3 aromatic rings. The minimum absolute atomic E-state index is 0.219. The molecule has 0 atom stereocenters. The van der Waals surface area contributed by atoms with Crippen LogP contribution in [0.2, 0.25) is 10.0 Å². The summed E-state index contributed by atoms with van der Waals surface area (Å²) < 4.78 is 6.22. The van der Waals surface area contributed by atoms with Gasteiger partial charge >= 0.3 is 5.97 Å². The van der Waals surface area contributed by atoms with E-state index in [1.54, 1.807) is 18.2 Å². The number of esters is 1. The van der Waals surface area contributed by atoms with E-state index in [1.165, 1.54) is 11.3 Å². The Hall–Kier alpha value is -2.40. The molecule has 0 saturated carbocycles. The van der Waals surface area contributed by atoms with E-state index in [-0.39, 0.29) is 11.6 Å². The SMILES string of the molecule is O=C1OC(c2sc3cc(Cl)ccc3c2Cl)=N/C1=C/C=C/c1ccccc1. The van der Waals surface area contributed by atoms with E-state index in [2.05, 4.69) is 4.99 Å². The van der Waals surface area contributed by atoms with Gasteiger partial charge in [0.25, 0.3) is 0 Å². The summed E-state index contributed by atoms with van der Waals surface area (Å²) in [6.45, 7) is 0. The first-order valence-corrected chi connectivity index (χ1v) is 9.31. The van der Waals surface area contributed by atoms with Gasteiger partial charge in [-0.3, -0.25) is 0 Å². The Bertz CT molecular complexity index is 1100. The van der Waals surface area contributed by atoms with Crippen molar-refractivity contribution in [2.45, 2.75) is 0 Å². The van der Waals surface area contributed by atoms with Gasteiger partial charge in [-0.25, -0.2) is 9.79 Å². The summed E-state index contributed by atoms with van der Waals surface area (Å²) in [4.78, 5) is 17.0. The summed E-state index contributed by atoms with van der Waals surface area (Å²) in [5, 5.41) is 1.99. The number of allylic oxidation sites excluding steroid dienone is 2. The van der Waals surface area contributed by atoms with Gasteiger partial charge in [0.1, 0.15) is 4.88 Å². The molecule has 6 heteroatoms. The van der Waals surface area contributed by atoms with Crippen LogP contribution in [-0.4, -0.2) is 11.9 Å². The minimum atomic E-state index is -0.496. The maximum Gasteiger partial charge on any atom is 0.363 e. The zero-order valence-corrected chi connectivity index (χ0v) is 15.6. The molecule has 0 bridgehead atoms. The van der Waals surface area contributed by atoms with E-state index in [4.69, 9.17) is 27.9 Å². The van der Waals surface area contributed by atoms with E-state index < -0.39 is 5.97 Å². The fraction of sp³-hybridized carbons (Fsp3) is 0. The van der Waals surface area contributed by atoms with Crippen molar-refractivity contribution >= 4 is 62.6 Å². The quantitative estimate of drug-likeness (QED) is 0.393. The van der Waals surface area contributed by atoms with E-state index in [1.807, 2.05) is 48.5 Å². The molecule has 1 aliphatic rings. The number of carbonyl (C=O) groups is 1. The molecule has 2 heterocycles. The highest BCUT2D eigenvalue weighted by Gasteiger charge is 2.27. The minimum Gasteiger partial charge on any atom is -0.401 e. The molecule has 0 radical (unpaired) electrons. The Morgan fingerprint density at radius 2 is 1.88 bits per heavy atom. The number of halogens is 2. The van der Waals surface area contributed by atoms with Crippen LogP contribution in [0.1, 0.15) is 10.4 Å². The van der Waals surface area contributed by atoms with Gasteiger partial charge in [0, 0.05) is 15.1 Å². The fourth-order valence-electron chi connectivity index (χ4n) is 2.51. The molecule has 0 spiro atoms. The second-order valence-corrected chi connectivity index (χ2v) is 7.38. The highest BCUT2D eigenvalue weighted by Crippen LogP contribution is 2.38. The summed E-state index contributed by atoms with van der Waals surface area (Å²) in [5.74, 6) is -0.277. The normalized spacial score (nSPS) is 15.8. The van der Waals surface area contributed by atoms with E-state index in [9.17, 15) is 4.79 Å². The van der Waals surface area contributed by atoms with Crippen LogP contribution in [0.15, 0.2) is 71.4 Å². The third kappa shape index (κ3) is 3.31. The van der Waals surface area contributed by atoms with Crippen molar-refractivity contribution in [3.63, 3.8) is 0 Å². The highest BCUT2D eigenvalue weighted by atomic mass is 35.5. The molecule has 0 saturated heterocycles. The number of rotatable bonds is 3. The van der Waals surface area contributed by atoms with Crippen LogP contribution in [-0.2, 0) is 9.53 Å². The third-order valence-electron chi connectivity index (χ3n) is 3.75. The summed E-state index contributed by atoms with van der Waals surface area (Å²) in [6, 6.07) is 15.2. The van der Waals surface area contributed by atoms with Crippen LogP contribution in [0.25, 0.3) is 16.2 Å². The van der Waals surface area contributed by atoms with Crippen molar-refractivity contribution in [1.29, 1.82) is 0 Å². The zero-order valence-electron chi connectivity index (χ0n) is 13.3. The van der Waals surface area contributed by atoms with Crippen molar-refractivity contribution in [1.82, 2.24) is 0 Å². The summed E-state index contributed by atoms with van der Waals surface area (Å²) in [6.07, 6.45) is 5.29. The monoisotopic (exact) mass is 399 g/mol. The average Bonchev–Trinajstić information content (AvgIpc) is 3.16. The fourth-order valence-corrected chi connectivity index (χ4v) is 4.23. The zero-order chi connectivity index (χ0) is 18.1. The number of carbonyl (C=O) groups excluding carboxylic acids is 1. The Balaban J connectivity index is 1.65. The number of aliphatic imine (C=N–C) groups is 1. The number of hydrogen-bond donors (Lipinski definition) is 0. The van der Waals surface area contributed by atoms with Gasteiger partial charge in [-0.15, -0.1) is 11.3 Å². The van der Waals surface area contributed by atoms with Gasteiger partial charge in [-0.1, -0.05) is 71.8 Å². The number of thiophene rings is 1. The molecule has 0 fully saturated rings. The Morgan fingerprint density at radius 1 is 1.08 bits per heavy atom. The Morgan fingerprint density at radius 3 is 2.69 bits per heavy atom. The number of benzene rings is 2. The smallest absolute Gasteiger partial charge is 0.363 e. The molecular weight excluding hydrogens is 389 g/mol. The lowest BCUT2D eigenvalue weighted by molar-refractivity contribution is -0.130. The summed E-state index contributed by atoms with van der Waals surface area (Å²) >= 11 is 13.8. The molecule has 0 amide bonds. The van der Waals surface area contributed by atoms with Crippen molar-refractivity contribution in [2.75, 3.05) is 0 Å². The van der Waals surface area contributed by atoms with Crippen molar-refractivity contribution in [2.24, 2.45) is 4.99 Å². The molecule has 1 aromatic heterocycles. The lowest BCUT2D eigenvalue weighted by atomic mass is 10.2. The molecular formula is C20H11Cl2NO2S. The van der Waals surface area contributed by atoms with Crippen molar-refractivity contribution < 1.29 is 9.53 Å². The molecule has 0 N–H and O–H groups in total. The van der Waals surface area contributed by atoms with E-state index in [0.29, 0.717) is 14.9 Å². The third-order valence-corrected chi connectivity index (χ3v) is 5.63. The summed E-state index contributed by atoms with van der Waals surface area (Å²) in [7, 11) is 0. The van der Waals surface area contributed by atoms with Gasteiger partial charge < -0.3 is 4.74 Å². The van der Waals surface area contributed by atoms with Crippen LogP contribution in [0.5, 0.6) is 0 Å². The van der Waals surface area contributed by atoms with Crippen LogP contribution >= 0.6 is 34.5 Å². The van der Waals surface area contributed by atoms with Crippen LogP contribution in [0, 0.1) is 0 Å². The molecule has 26 heavy (non-hydrogen) atoms. The number of hydrogen-bond acceptors (Lipinski definition) is 4. The first-order valence-electron chi connectivity index (χ1n) is 7.74.